The van der Waals surface area contributed by atoms with Crippen molar-refractivity contribution in [1.82, 2.24) is 10.2 Å². The SMILES string of the molecule is Cc1n[nH]c(C)c1NS(=O)(=O)c1cccc(Cl)c1F. The van der Waals surface area contributed by atoms with Crippen LogP contribution in [0.2, 0.25) is 5.02 Å². The molecule has 1 aromatic carbocycles. The number of anilines is 1. The van der Waals surface area contributed by atoms with E-state index in [2.05, 4.69) is 14.9 Å². The van der Waals surface area contributed by atoms with Gasteiger partial charge in [-0.25, -0.2) is 12.8 Å². The lowest BCUT2D eigenvalue weighted by Gasteiger charge is -2.09. The van der Waals surface area contributed by atoms with Gasteiger partial charge < -0.3 is 0 Å². The molecule has 0 saturated heterocycles. The van der Waals surface area contributed by atoms with Crippen molar-refractivity contribution in [1.29, 1.82) is 0 Å². The molecule has 0 bridgehead atoms. The lowest BCUT2D eigenvalue weighted by atomic mass is 10.3. The molecule has 19 heavy (non-hydrogen) atoms. The van der Waals surface area contributed by atoms with E-state index in [1.54, 1.807) is 13.8 Å². The average Bonchev–Trinajstić information content (AvgIpc) is 2.64. The van der Waals surface area contributed by atoms with Gasteiger partial charge in [0.15, 0.2) is 5.82 Å². The van der Waals surface area contributed by atoms with E-state index in [0.29, 0.717) is 17.1 Å². The number of halogens is 2. The second kappa shape index (κ2) is 4.82. The Morgan fingerprint density at radius 1 is 1.37 bits per heavy atom. The van der Waals surface area contributed by atoms with Crippen molar-refractivity contribution in [2.24, 2.45) is 0 Å². The molecule has 0 radical (unpaired) electrons. The van der Waals surface area contributed by atoms with Crippen LogP contribution >= 0.6 is 11.6 Å². The molecule has 0 atom stereocenters. The normalized spacial score (nSPS) is 11.6. The number of aromatic nitrogens is 2. The van der Waals surface area contributed by atoms with E-state index < -0.39 is 20.7 Å². The van der Waals surface area contributed by atoms with Crippen LogP contribution in [0.3, 0.4) is 0 Å². The minimum absolute atomic E-state index is 0.247. The molecule has 102 valence electrons. The summed E-state index contributed by atoms with van der Waals surface area (Å²) in [6, 6.07) is 3.80. The standard InChI is InChI=1S/C11H11ClFN3O2S/c1-6-11(7(2)15-14-6)16-19(17,18)9-5-3-4-8(12)10(9)13/h3-5,16H,1-2H3,(H,14,15). The number of sulfonamides is 1. The largest absolute Gasteiger partial charge is 0.280 e. The van der Waals surface area contributed by atoms with Crippen LogP contribution in [0.4, 0.5) is 10.1 Å². The van der Waals surface area contributed by atoms with Gasteiger partial charge in [-0.05, 0) is 26.0 Å². The lowest BCUT2D eigenvalue weighted by Crippen LogP contribution is -2.15. The monoisotopic (exact) mass is 303 g/mol. The number of benzene rings is 1. The quantitative estimate of drug-likeness (QED) is 0.915. The summed E-state index contributed by atoms with van der Waals surface area (Å²) in [5.41, 5.74) is 1.33. The number of nitrogens with one attached hydrogen (secondary N) is 2. The third-order valence-electron chi connectivity index (χ3n) is 2.57. The predicted molar refractivity (Wildman–Crippen MR) is 70.3 cm³/mol. The Balaban J connectivity index is 2.47. The molecule has 1 aromatic heterocycles. The van der Waals surface area contributed by atoms with Crippen LogP contribution in [0.1, 0.15) is 11.4 Å². The second-order valence-electron chi connectivity index (χ2n) is 3.97. The van der Waals surface area contributed by atoms with Crippen molar-refractivity contribution in [2.75, 3.05) is 4.72 Å². The minimum atomic E-state index is -4.05. The highest BCUT2D eigenvalue weighted by molar-refractivity contribution is 7.92. The molecule has 0 fully saturated rings. The Morgan fingerprint density at radius 3 is 2.63 bits per heavy atom. The Hall–Kier alpha value is -1.60. The lowest BCUT2D eigenvalue weighted by molar-refractivity contribution is 0.570. The van der Waals surface area contributed by atoms with Crippen LogP contribution in [0.25, 0.3) is 0 Å². The van der Waals surface area contributed by atoms with Gasteiger partial charge in [0.1, 0.15) is 4.90 Å². The molecule has 2 aromatic rings. The van der Waals surface area contributed by atoms with Gasteiger partial charge >= 0.3 is 0 Å². The minimum Gasteiger partial charge on any atom is -0.280 e. The van der Waals surface area contributed by atoms with Crippen LogP contribution in [0, 0.1) is 19.7 Å². The van der Waals surface area contributed by atoms with E-state index in [1.165, 1.54) is 12.1 Å². The molecule has 0 unspecified atom stereocenters. The number of H-pyrrole nitrogens is 1. The van der Waals surface area contributed by atoms with Crippen molar-refractivity contribution in [3.63, 3.8) is 0 Å². The van der Waals surface area contributed by atoms with Gasteiger partial charge in [0.05, 0.1) is 22.1 Å². The molecule has 0 saturated carbocycles. The van der Waals surface area contributed by atoms with E-state index in [9.17, 15) is 12.8 Å². The molecule has 0 spiro atoms. The highest BCUT2D eigenvalue weighted by atomic mass is 35.5. The number of hydrogen-bond acceptors (Lipinski definition) is 3. The smallest absolute Gasteiger partial charge is 0.264 e. The van der Waals surface area contributed by atoms with Gasteiger partial charge in [-0.1, -0.05) is 17.7 Å². The molecule has 0 aliphatic carbocycles. The second-order valence-corrected chi connectivity index (χ2v) is 6.02. The Morgan fingerprint density at radius 2 is 2.05 bits per heavy atom. The first-order valence-electron chi connectivity index (χ1n) is 5.31. The number of rotatable bonds is 3. The zero-order valence-corrected chi connectivity index (χ0v) is 11.7. The zero-order chi connectivity index (χ0) is 14.2. The van der Waals surface area contributed by atoms with E-state index in [1.807, 2.05) is 0 Å². The van der Waals surface area contributed by atoms with E-state index in [4.69, 9.17) is 11.6 Å². The summed E-state index contributed by atoms with van der Waals surface area (Å²) >= 11 is 5.58. The molecule has 2 N–H and O–H groups in total. The van der Waals surface area contributed by atoms with E-state index >= 15 is 0 Å². The maximum Gasteiger partial charge on any atom is 0.264 e. The molecular formula is C11H11ClFN3O2S. The molecule has 0 aliphatic heterocycles. The van der Waals surface area contributed by atoms with Crippen LogP contribution in [-0.4, -0.2) is 18.6 Å². The van der Waals surface area contributed by atoms with Gasteiger partial charge in [0.2, 0.25) is 0 Å². The summed E-state index contributed by atoms with van der Waals surface area (Å²) in [5, 5.41) is 6.26. The van der Waals surface area contributed by atoms with Gasteiger partial charge in [-0.2, -0.15) is 5.10 Å². The average molecular weight is 304 g/mol. The highest BCUT2D eigenvalue weighted by Crippen LogP contribution is 2.25. The molecule has 0 aliphatic rings. The molecule has 2 rings (SSSR count). The van der Waals surface area contributed by atoms with Crippen LogP contribution in [-0.2, 0) is 10.0 Å². The first kappa shape index (κ1) is 13.8. The third kappa shape index (κ3) is 2.57. The molecule has 8 heteroatoms. The number of hydrogen-bond donors (Lipinski definition) is 2. The fourth-order valence-electron chi connectivity index (χ4n) is 1.58. The van der Waals surface area contributed by atoms with Crippen molar-refractivity contribution >= 4 is 27.3 Å². The summed E-state index contributed by atoms with van der Waals surface area (Å²) in [6.07, 6.45) is 0. The van der Waals surface area contributed by atoms with Crippen molar-refractivity contribution in [3.8, 4) is 0 Å². The summed E-state index contributed by atoms with van der Waals surface area (Å²) in [7, 11) is -4.05. The number of nitrogens with zero attached hydrogens (tertiary/aromatic N) is 1. The van der Waals surface area contributed by atoms with Gasteiger partial charge in [-0.3, -0.25) is 9.82 Å². The van der Waals surface area contributed by atoms with Crippen molar-refractivity contribution in [2.45, 2.75) is 18.7 Å². The van der Waals surface area contributed by atoms with Gasteiger partial charge in [-0.15, -0.1) is 0 Å². The molecular weight excluding hydrogens is 293 g/mol. The zero-order valence-electron chi connectivity index (χ0n) is 10.2. The summed E-state index contributed by atoms with van der Waals surface area (Å²) in [4.78, 5) is -0.500. The van der Waals surface area contributed by atoms with Gasteiger partial charge in [0.25, 0.3) is 10.0 Å². The fraction of sp³-hybridized carbons (Fsp3) is 0.182. The maximum atomic E-state index is 13.8. The maximum absolute atomic E-state index is 13.8. The van der Waals surface area contributed by atoms with Crippen molar-refractivity contribution in [3.05, 3.63) is 40.4 Å². The van der Waals surface area contributed by atoms with Crippen molar-refractivity contribution < 1.29 is 12.8 Å². The highest BCUT2D eigenvalue weighted by Gasteiger charge is 2.22. The third-order valence-corrected chi connectivity index (χ3v) is 4.23. The number of aryl methyl sites for hydroxylation is 2. The predicted octanol–water partition coefficient (Wildman–Crippen LogP) is 2.62. The summed E-state index contributed by atoms with van der Waals surface area (Å²) in [5.74, 6) is -0.976. The summed E-state index contributed by atoms with van der Waals surface area (Å²) < 4.78 is 40.3. The Bertz CT molecular complexity index is 708. The van der Waals surface area contributed by atoms with Crippen LogP contribution in [0.5, 0.6) is 0 Å². The van der Waals surface area contributed by atoms with Crippen LogP contribution < -0.4 is 4.72 Å². The van der Waals surface area contributed by atoms with Gasteiger partial charge in [0, 0.05) is 0 Å². The van der Waals surface area contributed by atoms with E-state index in [-0.39, 0.29) is 5.02 Å². The van der Waals surface area contributed by atoms with E-state index in [0.717, 1.165) is 6.07 Å². The topological polar surface area (TPSA) is 74.8 Å². The number of aromatic amines is 1. The fourth-order valence-corrected chi connectivity index (χ4v) is 3.10. The Labute approximate surface area is 114 Å². The summed E-state index contributed by atoms with van der Waals surface area (Å²) in [6.45, 7) is 3.29. The molecule has 5 nitrogen and oxygen atoms in total. The van der Waals surface area contributed by atoms with Crippen LogP contribution in [0.15, 0.2) is 23.1 Å². The first-order chi connectivity index (χ1) is 8.83. The Kier molecular flexibility index (Phi) is 3.51. The molecule has 0 amide bonds. The first-order valence-corrected chi connectivity index (χ1v) is 7.17. The molecule has 1 heterocycles.